The first kappa shape index (κ1) is 14.1. The minimum Gasteiger partial charge on any atom is -0.389 e. The van der Waals surface area contributed by atoms with Gasteiger partial charge in [0.1, 0.15) is 0 Å². The Hall–Kier alpha value is -0.950. The fraction of sp³-hybridized carbons (Fsp3) is 0.545. The Kier molecular flexibility index (Phi) is 6.80. The lowest BCUT2D eigenvalue weighted by molar-refractivity contribution is -0.119. The van der Waals surface area contributed by atoms with Gasteiger partial charge in [-0.1, -0.05) is 6.07 Å². The normalized spacial score (nSPS) is 12.4. The highest BCUT2D eigenvalue weighted by Crippen LogP contribution is 2.09. The average molecular weight is 258 g/mol. The number of hydrogen-bond donors (Lipinski definition) is 3. The minimum atomic E-state index is -0.598. The predicted octanol–water partition coefficient (Wildman–Crippen LogP) is -0.0388. The number of aliphatic hydroxyl groups is 1. The monoisotopic (exact) mass is 258 g/mol. The molecule has 0 aromatic carbocycles. The summed E-state index contributed by atoms with van der Waals surface area (Å²) in [4.78, 5) is 12.0. The van der Waals surface area contributed by atoms with E-state index in [-0.39, 0.29) is 19.1 Å². The maximum absolute atomic E-state index is 10.9. The van der Waals surface area contributed by atoms with Gasteiger partial charge < -0.3 is 20.5 Å². The second-order valence-electron chi connectivity index (χ2n) is 3.55. The van der Waals surface area contributed by atoms with Crippen LogP contribution in [0.15, 0.2) is 17.5 Å². The third kappa shape index (κ3) is 6.38. The molecule has 1 atom stereocenters. The topological polar surface area (TPSA) is 70.6 Å². The van der Waals surface area contributed by atoms with E-state index in [1.165, 1.54) is 0 Å². The van der Waals surface area contributed by atoms with Crippen LogP contribution >= 0.6 is 11.3 Å². The maximum Gasteiger partial charge on any atom is 0.233 e. The second kappa shape index (κ2) is 8.19. The van der Waals surface area contributed by atoms with E-state index in [0.717, 1.165) is 4.88 Å². The number of rotatable bonds is 8. The van der Waals surface area contributed by atoms with Gasteiger partial charge in [0.15, 0.2) is 0 Å². The van der Waals surface area contributed by atoms with Crippen LogP contribution in [-0.2, 0) is 16.1 Å². The van der Waals surface area contributed by atoms with Gasteiger partial charge in [0.25, 0.3) is 0 Å². The summed E-state index contributed by atoms with van der Waals surface area (Å²) in [6.45, 7) is 1.33. The number of carbonyl (C=O) groups is 1. The molecule has 96 valence electrons. The summed E-state index contributed by atoms with van der Waals surface area (Å²) in [5.41, 5.74) is 0. The molecule has 0 saturated carbocycles. The predicted molar refractivity (Wildman–Crippen MR) is 66.9 cm³/mol. The Morgan fingerprint density at radius 1 is 1.65 bits per heavy atom. The van der Waals surface area contributed by atoms with Crippen LogP contribution in [0, 0.1) is 0 Å². The summed E-state index contributed by atoms with van der Waals surface area (Å²) >= 11 is 1.62. The highest BCUT2D eigenvalue weighted by molar-refractivity contribution is 7.09. The molecule has 0 aliphatic rings. The van der Waals surface area contributed by atoms with Gasteiger partial charge in [-0.3, -0.25) is 4.79 Å². The van der Waals surface area contributed by atoms with E-state index in [2.05, 4.69) is 10.6 Å². The first-order chi connectivity index (χ1) is 8.22. The van der Waals surface area contributed by atoms with Crippen molar-refractivity contribution in [3.05, 3.63) is 22.4 Å². The van der Waals surface area contributed by atoms with Crippen LogP contribution < -0.4 is 10.6 Å². The molecule has 5 nitrogen and oxygen atoms in total. The molecule has 1 amide bonds. The van der Waals surface area contributed by atoms with E-state index in [1.54, 1.807) is 18.4 Å². The number of thiophene rings is 1. The molecule has 0 saturated heterocycles. The fourth-order valence-electron chi connectivity index (χ4n) is 1.19. The van der Waals surface area contributed by atoms with Gasteiger partial charge >= 0.3 is 0 Å². The van der Waals surface area contributed by atoms with Crippen molar-refractivity contribution in [2.45, 2.75) is 12.7 Å². The Bertz CT molecular complexity index is 317. The third-order valence-corrected chi connectivity index (χ3v) is 2.93. The van der Waals surface area contributed by atoms with E-state index in [9.17, 15) is 9.90 Å². The minimum absolute atomic E-state index is 0.100. The van der Waals surface area contributed by atoms with Crippen molar-refractivity contribution in [2.24, 2.45) is 0 Å². The molecule has 0 aliphatic heterocycles. The molecule has 6 heteroatoms. The molecule has 1 unspecified atom stereocenters. The van der Waals surface area contributed by atoms with Crippen molar-refractivity contribution in [1.29, 1.82) is 0 Å². The van der Waals surface area contributed by atoms with Crippen molar-refractivity contribution in [3.8, 4) is 0 Å². The van der Waals surface area contributed by atoms with Crippen LogP contribution in [-0.4, -0.2) is 43.9 Å². The molecule has 1 aromatic rings. The molecule has 1 heterocycles. The molecule has 17 heavy (non-hydrogen) atoms. The van der Waals surface area contributed by atoms with Crippen molar-refractivity contribution in [2.75, 3.05) is 26.7 Å². The summed E-state index contributed by atoms with van der Waals surface area (Å²) in [5, 5.41) is 16.9. The lowest BCUT2D eigenvalue weighted by atomic mass is 10.3. The van der Waals surface area contributed by atoms with E-state index in [1.807, 2.05) is 17.5 Å². The van der Waals surface area contributed by atoms with Gasteiger partial charge in [0.2, 0.25) is 5.91 Å². The molecular formula is C11H18N2O3S. The maximum atomic E-state index is 10.9. The highest BCUT2D eigenvalue weighted by atomic mass is 32.1. The van der Waals surface area contributed by atoms with Gasteiger partial charge in [0, 0.05) is 18.5 Å². The number of carbonyl (C=O) groups excluding carboxylic acids is 1. The average Bonchev–Trinajstić information content (AvgIpc) is 2.82. The Morgan fingerprint density at radius 2 is 2.47 bits per heavy atom. The summed E-state index contributed by atoms with van der Waals surface area (Å²) in [5.74, 6) is -0.100. The number of amides is 1. The van der Waals surface area contributed by atoms with E-state index >= 15 is 0 Å². The van der Waals surface area contributed by atoms with Crippen LogP contribution in [0.3, 0.4) is 0 Å². The Labute approximate surface area is 105 Å². The third-order valence-electron chi connectivity index (χ3n) is 2.08. The quantitative estimate of drug-likeness (QED) is 0.612. The molecule has 0 spiro atoms. The lowest BCUT2D eigenvalue weighted by Crippen LogP contribution is -2.37. The standard InChI is InChI=1S/C11H18N2O3S/c1-12-11(15)6-13-5-9(14)7-16-8-10-3-2-4-17-10/h2-4,9,13-14H,5-8H2,1H3,(H,12,15). The van der Waals surface area contributed by atoms with Gasteiger partial charge in [0.05, 0.1) is 25.9 Å². The molecule has 0 aliphatic carbocycles. The van der Waals surface area contributed by atoms with Gasteiger partial charge in [-0.05, 0) is 11.4 Å². The molecule has 3 N–H and O–H groups in total. The van der Waals surface area contributed by atoms with Crippen LogP contribution in [0.1, 0.15) is 4.88 Å². The zero-order valence-electron chi connectivity index (χ0n) is 9.81. The number of hydrogen-bond acceptors (Lipinski definition) is 5. The van der Waals surface area contributed by atoms with Crippen molar-refractivity contribution >= 4 is 17.2 Å². The second-order valence-corrected chi connectivity index (χ2v) is 4.58. The molecule has 1 rings (SSSR count). The number of likely N-dealkylation sites (N-methyl/N-ethyl adjacent to an activating group) is 1. The molecular weight excluding hydrogens is 240 g/mol. The summed E-state index contributed by atoms with van der Waals surface area (Å²) < 4.78 is 5.34. The van der Waals surface area contributed by atoms with E-state index in [4.69, 9.17) is 4.74 Å². The Balaban J connectivity index is 2.01. The van der Waals surface area contributed by atoms with Gasteiger partial charge in [-0.25, -0.2) is 0 Å². The number of ether oxygens (including phenoxy) is 1. The van der Waals surface area contributed by atoms with Crippen LogP contribution in [0.4, 0.5) is 0 Å². The van der Waals surface area contributed by atoms with Crippen LogP contribution in [0.2, 0.25) is 0 Å². The van der Waals surface area contributed by atoms with Crippen molar-refractivity contribution < 1.29 is 14.6 Å². The summed E-state index contributed by atoms with van der Waals surface area (Å²) in [6.07, 6.45) is -0.598. The highest BCUT2D eigenvalue weighted by Gasteiger charge is 2.05. The fourth-order valence-corrected chi connectivity index (χ4v) is 1.83. The van der Waals surface area contributed by atoms with Crippen molar-refractivity contribution in [3.63, 3.8) is 0 Å². The number of aliphatic hydroxyl groups excluding tert-OH is 1. The van der Waals surface area contributed by atoms with Crippen molar-refractivity contribution in [1.82, 2.24) is 10.6 Å². The van der Waals surface area contributed by atoms with Gasteiger partial charge in [-0.15, -0.1) is 11.3 Å². The zero-order chi connectivity index (χ0) is 12.5. The first-order valence-electron chi connectivity index (χ1n) is 5.42. The number of nitrogens with one attached hydrogen (secondary N) is 2. The SMILES string of the molecule is CNC(=O)CNCC(O)COCc1cccs1. The summed E-state index contributed by atoms with van der Waals surface area (Å²) in [7, 11) is 1.57. The first-order valence-corrected chi connectivity index (χ1v) is 6.30. The molecule has 0 fully saturated rings. The lowest BCUT2D eigenvalue weighted by Gasteiger charge is -2.11. The summed E-state index contributed by atoms with van der Waals surface area (Å²) in [6, 6.07) is 3.95. The Morgan fingerprint density at radius 3 is 3.12 bits per heavy atom. The van der Waals surface area contributed by atoms with Gasteiger partial charge in [-0.2, -0.15) is 0 Å². The molecule has 1 aromatic heterocycles. The molecule has 0 radical (unpaired) electrons. The van der Waals surface area contributed by atoms with E-state index < -0.39 is 6.10 Å². The van der Waals surface area contributed by atoms with Crippen LogP contribution in [0.25, 0.3) is 0 Å². The van der Waals surface area contributed by atoms with Crippen LogP contribution in [0.5, 0.6) is 0 Å². The van der Waals surface area contributed by atoms with E-state index in [0.29, 0.717) is 13.2 Å². The zero-order valence-corrected chi connectivity index (χ0v) is 10.6. The smallest absolute Gasteiger partial charge is 0.233 e. The molecule has 0 bridgehead atoms. The largest absolute Gasteiger partial charge is 0.389 e.